The zero-order chi connectivity index (χ0) is 9.45. The first-order chi connectivity index (χ1) is 5.62. The molecule has 0 aromatic rings. The van der Waals surface area contributed by atoms with Gasteiger partial charge in [0.05, 0.1) is 0 Å². The molecule has 0 aliphatic heterocycles. The van der Waals surface area contributed by atoms with Crippen molar-refractivity contribution in [3.05, 3.63) is 0 Å². The Morgan fingerprint density at radius 1 is 1.25 bits per heavy atom. The van der Waals surface area contributed by atoms with Crippen LogP contribution < -0.4 is 0 Å². The van der Waals surface area contributed by atoms with Crippen molar-refractivity contribution in [1.82, 2.24) is 0 Å². The van der Waals surface area contributed by atoms with Crippen LogP contribution in [0.5, 0.6) is 0 Å². The first kappa shape index (κ1) is 12.3. The predicted octanol–water partition coefficient (Wildman–Crippen LogP) is 3.82. The fourth-order valence-electron chi connectivity index (χ4n) is 1.05. The Labute approximate surface area is 86.3 Å². The second kappa shape index (κ2) is 6.74. The molecule has 0 fully saturated rings. The molecule has 0 saturated carbocycles. The quantitative estimate of drug-likeness (QED) is 0.306. The van der Waals surface area contributed by atoms with Crippen molar-refractivity contribution in [1.29, 1.82) is 0 Å². The molecular weight excluding hydrogens is 228 g/mol. The van der Waals surface area contributed by atoms with Crippen LogP contribution in [0.3, 0.4) is 0 Å². The minimum atomic E-state index is -1.14. The topological polar surface area (TPSA) is 0 Å². The number of halogens is 1. The van der Waals surface area contributed by atoms with Gasteiger partial charge in [0.25, 0.3) is 0 Å². The van der Waals surface area contributed by atoms with E-state index in [0.717, 1.165) is 11.8 Å². The van der Waals surface area contributed by atoms with Gasteiger partial charge >= 0.3 is 0 Å². The Hall–Kier alpha value is 0.257. The van der Waals surface area contributed by atoms with E-state index in [1.807, 2.05) is 0 Å². The molecule has 0 N–H and O–H groups in total. The van der Waals surface area contributed by atoms with Gasteiger partial charge in [0.2, 0.25) is 0 Å². The van der Waals surface area contributed by atoms with Crippen LogP contribution in [0.25, 0.3) is 0 Å². The molecule has 0 aromatic heterocycles. The van der Waals surface area contributed by atoms with Gasteiger partial charge in [0.1, 0.15) is 8.07 Å². The summed E-state index contributed by atoms with van der Waals surface area (Å²) in [4.78, 5) is 0. The van der Waals surface area contributed by atoms with Crippen LogP contribution in [0, 0.1) is 11.5 Å². The maximum Gasteiger partial charge on any atom is 0.132 e. The number of alkyl halides is 1. The van der Waals surface area contributed by atoms with Crippen molar-refractivity contribution in [2.75, 3.05) is 5.33 Å². The van der Waals surface area contributed by atoms with Crippen LogP contribution in [0.2, 0.25) is 19.1 Å². The molecule has 0 spiro atoms. The highest BCUT2D eigenvalue weighted by Gasteiger charge is 2.16. The average Bonchev–Trinajstić information content (AvgIpc) is 2.01. The van der Waals surface area contributed by atoms with E-state index in [1.54, 1.807) is 0 Å². The maximum atomic E-state index is 3.45. The maximum absolute atomic E-state index is 3.45. The van der Waals surface area contributed by atoms with E-state index in [2.05, 4.69) is 47.4 Å². The normalized spacial score (nSPS) is 10.7. The minimum absolute atomic E-state index is 1.01. The van der Waals surface area contributed by atoms with E-state index in [0.29, 0.717) is 0 Å². The monoisotopic (exact) mass is 246 g/mol. The van der Waals surface area contributed by atoms with E-state index < -0.39 is 8.07 Å². The lowest BCUT2D eigenvalue weighted by Crippen LogP contribution is -2.22. The molecule has 0 atom stereocenters. The molecule has 0 heterocycles. The molecule has 12 heavy (non-hydrogen) atoms. The Morgan fingerprint density at radius 2 is 1.92 bits per heavy atom. The Kier molecular flexibility index (Phi) is 6.88. The fourth-order valence-corrected chi connectivity index (χ4v) is 3.36. The number of hydrogen-bond acceptors (Lipinski definition) is 0. The third kappa shape index (κ3) is 6.94. The predicted molar refractivity (Wildman–Crippen MR) is 63.4 cm³/mol. The van der Waals surface area contributed by atoms with Gasteiger partial charge in [0.15, 0.2) is 0 Å². The van der Waals surface area contributed by atoms with Gasteiger partial charge in [-0.15, -0.1) is 11.5 Å². The standard InChI is InChI=1S/C10H19BrSi/c1-4-5-9-12(2,3)10-7-6-8-11/h4,6-8,10H2,1-3H3. The van der Waals surface area contributed by atoms with Crippen molar-refractivity contribution < 1.29 is 0 Å². The summed E-state index contributed by atoms with van der Waals surface area (Å²) < 4.78 is 0. The summed E-state index contributed by atoms with van der Waals surface area (Å²) in [6.45, 7) is 6.85. The van der Waals surface area contributed by atoms with Gasteiger partial charge in [-0.2, -0.15) is 0 Å². The van der Waals surface area contributed by atoms with E-state index in [1.165, 1.54) is 18.9 Å². The highest BCUT2D eigenvalue weighted by atomic mass is 79.9. The summed E-state index contributed by atoms with van der Waals surface area (Å²) in [7, 11) is -1.14. The van der Waals surface area contributed by atoms with E-state index in [9.17, 15) is 0 Å². The molecule has 0 nitrogen and oxygen atoms in total. The SMILES string of the molecule is CCC#C[Si](C)(C)CCCCBr. The summed E-state index contributed by atoms with van der Waals surface area (Å²) in [6.07, 6.45) is 3.64. The lowest BCUT2D eigenvalue weighted by Gasteiger charge is -2.13. The molecule has 0 aromatic carbocycles. The molecule has 70 valence electrons. The average molecular weight is 247 g/mol. The Balaban J connectivity index is 3.71. The second-order valence-electron chi connectivity index (χ2n) is 3.69. The molecule has 2 heteroatoms. The third-order valence-corrected chi connectivity index (χ3v) is 4.81. The molecule has 0 amide bonds. The van der Waals surface area contributed by atoms with Crippen molar-refractivity contribution >= 4 is 24.0 Å². The van der Waals surface area contributed by atoms with Crippen LogP contribution in [-0.2, 0) is 0 Å². The second-order valence-corrected chi connectivity index (χ2v) is 9.00. The lowest BCUT2D eigenvalue weighted by molar-refractivity contribution is 0.886. The van der Waals surface area contributed by atoms with Crippen LogP contribution >= 0.6 is 15.9 Å². The first-order valence-corrected chi connectivity index (χ1v) is 9.01. The van der Waals surface area contributed by atoms with Gasteiger partial charge in [-0.1, -0.05) is 42.4 Å². The molecule has 0 aliphatic carbocycles. The highest BCUT2D eigenvalue weighted by molar-refractivity contribution is 9.09. The molecule has 0 unspecified atom stereocenters. The zero-order valence-electron chi connectivity index (χ0n) is 8.41. The smallest absolute Gasteiger partial charge is 0.132 e. The van der Waals surface area contributed by atoms with Crippen LogP contribution in [0.4, 0.5) is 0 Å². The largest absolute Gasteiger partial charge is 0.132 e. The molecule has 0 aliphatic rings. The molecule has 0 radical (unpaired) electrons. The van der Waals surface area contributed by atoms with E-state index in [-0.39, 0.29) is 0 Å². The summed E-state index contributed by atoms with van der Waals surface area (Å²) in [6, 6.07) is 1.35. The molecule has 0 rings (SSSR count). The van der Waals surface area contributed by atoms with Gasteiger partial charge in [0, 0.05) is 11.8 Å². The van der Waals surface area contributed by atoms with Crippen molar-refractivity contribution in [3.8, 4) is 11.5 Å². The van der Waals surface area contributed by atoms with Crippen LogP contribution in [-0.4, -0.2) is 13.4 Å². The number of unbranched alkanes of at least 4 members (excludes halogenated alkanes) is 1. The zero-order valence-corrected chi connectivity index (χ0v) is 11.0. The van der Waals surface area contributed by atoms with E-state index in [4.69, 9.17) is 0 Å². The number of rotatable bonds is 4. The Bertz CT molecular complexity index is 164. The molecular formula is C10H19BrSi. The highest BCUT2D eigenvalue weighted by Crippen LogP contribution is 2.13. The number of hydrogen-bond donors (Lipinski definition) is 0. The minimum Gasteiger partial charge on any atom is -0.132 e. The van der Waals surface area contributed by atoms with Gasteiger partial charge < -0.3 is 0 Å². The summed E-state index contributed by atoms with van der Waals surface area (Å²) in [5.74, 6) is 3.22. The summed E-state index contributed by atoms with van der Waals surface area (Å²) >= 11 is 3.45. The summed E-state index contributed by atoms with van der Waals surface area (Å²) in [5, 5.41) is 1.14. The van der Waals surface area contributed by atoms with Gasteiger partial charge in [-0.3, -0.25) is 0 Å². The van der Waals surface area contributed by atoms with Gasteiger partial charge in [-0.25, -0.2) is 0 Å². The first-order valence-electron chi connectivity index (χ1n) is 4.68. The van der Waals surface area contributed by atoms with Gasteiger partial charge in [-0.05, 0) is 12.5 Å². The van der Waals surface area contributed by atoms with Crippen LogP contribution in [0.1, 0.15) is 26.2 Å². The van der Waals surface area contributed by atoms with Crippen molar-refractivity contribution in [2.45, 2.75) is 45.3 Å². The van der Waals surface area contributed by atoms with Crippen LogP contribution in [0.15, 0.2) is 0 Å². The van der Waals surface area contributed by atoms with E-state index >= 15 is 0 Å². The van der Waals surface area contributed by atoms with Crippen molar-refractivity contribution in [2.24, 2.45) is 0 Å². The molecule has 0 saturated heterocycles. The van der Waals surface area contributed by atoms with Crippen molar-refractivity contribution in [3.63, 3.8) is 0 Å². The fraction of sp³-hybridized carbons (Fsp3) is 0.800. The lowest BCUT2D eigenvalue weighted by atomic mass is 10.4. The summed E-state index contributed by atoms with van der Waals surface area (Å²) in [5.41, 5.74) is 3.44. The molecule has 0 bridgehead atoms. The Morgan fingerprint density at radius 3 is 2.42 bits per heavy atom. The third-order valence-electron chi connectivity index (χ3n) is 1.79.